The molecule has 0 aromatic carbocycles. The van der Waals surface area contributed by atoms with E-state index in [0.29, 0.717) is 11.3 Å². The third kappa shape index (κ3) is 4.70. The van der Waals surface area contributed by atoms with E-state index in [1.54, 1.807) is 0 Å². The summed E-state index contributed by atoms with van der Waals surface area (Å²) in [7, 11) is -1.99. The van der Waals surface area contributed by atoms with Gasteiger partial charge in [-0.2, -0.15) is 0 Å². The molecule has 0 unspecified atom stereocenters. The molecule has 0 heterocycles. The van der Waals surface area contributed by atoms with E-state index in [9.17, 15) is 11.2 Å². The summed E-state index contributed by atoms with van der Waals surface area (Å²) < 4.78 is -0.137. The third-order valence-corrected chi connectivity index (χ3v) is 35.7. The Morgan fingerprint density at radius 3 is 1.25 bits per heavy atom. The summed E-state index contributed by atoms with van der Waals surface area (Å²) in [4.78, 5) is 0. The Labute approximate surface area is 259 Å². The van der Waals surface area contributed by atoms with Crippen LogP contribution in [0.15, 0.2) is 11.1 Å². The van der Waals surface area contributed by atoms with Crippen molar-refractivity contribution in [3.05, 3.63) is 11.1 Å². The fourth-order valence-electron chi connectivity index (χ4n) is 12.6. The average molecular weight is 630 g/mol. The first-order chi connectivity index (χ1) is 19.2. The Bertz CT molecular complexity index is 841. The molecule has 0 saturated heterocycles. The van der Waals surface area contributed by atoms with Gasteiger partial charge in [0.2, 0.25) is 0 Å². The molecule has 4 heteroatoms. The van der Waals surface area contributed by atoms with Crippen LogP contribution in [0.25, 0.3) is 0 Å². The van der Waals surface area contributed by atoms with E-state index in [0.717, 1.165) is 17.0 Å². The van der Waals surface area contributed by atoms with Gasteiger partial charge in [-0.25, -0.2) is 0 Å². The molecule has 0 amide bonds. The number of alkyl halides is 1. The van der Waals surface area contributed by atoms with Crippen molar-refractivity contribution < 1.29 is 0 Å². The first-order valence-electron chi connectivity index (χ1n) is 18.3. The van der Waals surface area contributed by atoms with Crippen LogP contribution in [0.4, 0.5) is 0 Å². The van der Waals surface area contributed by atoms with Crippen LogP contribution in [0.1, 0.15) is 175 Å². The molecule has 6 fully saturated rings. The van der Waals surface area contributed by atoms with Crippen molar-refractivity contribution in [3.63, 3.8) is 0 Å². The first-order valence-corrected chi connectivity index (χ1v) is 24.2. The Hall–Kier alpha value is 1.18. The first kappa shape index (κ1) is 31.2. The van der Waals surface area contributed by atoms with Crippen molar-refractivity contribution in [2.24, 2.45) is 5.41 Å². The molecular weight excluding hydrogens is 565 g/mol. The molecular formula is C36H64Cl2P2. The monoisotopic (exact) mass is 628 g/mol. The fraction of sp³-hybridized carbons (Fsp3) is 0.944. The van der Waals surface area contributed by atoms with Crippen molar-refractivity contribution in [2.75, 3.05) is 0 Å². The number of allylic oxidation sites excluding steroid dienone is 1. The second kappa shape index (κ2) is 11.8. The zero-order valence-electron chi connectivity index (χ0n) is 26.6. The van der Waals surface area contributed by atoms with E-state index < -0.39 is 13.2 Å². The van der Waals surface area contributed by atoms with Gasteiger partial charge in [0.1, 0.15) is 0 Å². The summed E-state index contributed by atoms with van der Waals surface area (Å²) in [6, 6.07) is 0. The molecule has 0 N–H and O–H groups in total. The molecule has 40 heavy (non-hydrogen) atoms. The SMILES string of the molecule is CC(C)(C)C=C([PH](C1CCCC1)(C1CCCC1)C1CCCC1)P(Cl)(C1CCCC1)(C1CCCC1)C1(Cl)CCCC1. The van der Waals surface area contributed by atoms with Crippen molar-refractivity contribution in [2.45, 2.75) is 208 Å². The van der Waals surface area contributed by atoms with Gasteiger partial charge in [0.05, 0.1) is 0 Å². The van der Waals surface area contributed by atoms with Crippen LogP contribution in [0.5, 0.6) is 0 Å². The van der Waals surface area contributed by atoms with Crippen molar-refractivity contribution in [1.29, 1.82) is 0 Å². The second-order valence-electron chi connectivity index (χ2n) is 16.9. The number of hydrogen-bond acceptors (Lipinski definition) is 0. The van der Waals surface area contributed by atoms with Gasteiger partial charge in [0.25, 0.3) is 0 Å². The molecule has 6 rings (SSSR count). The minimum atomic E-state index is -3.08. The summed E-state index contributed by atoms with van der Waals surface area (Å²) >= 11 is 18.1. The average Bonchev–Trinajstić information content (AvgIpc) is 3.76. The van der Waals surface area contributed by atoms with Crippen molar-refractivity contribution in [3.8, 4) is 0 Å². The molecule has 0 atom stereocenters. The molecule has 0 aromatic heterocycles. The molecule has 6 saturated carbocycles. The number of hydrogen-bond donors (Lipinski definition) is 0. The molecule has 232 valence electrons. The van der Waals surface area contributed by atoms with Gasteiger partial charge in [0.15, 0.2) is 0 Å². The topological polar surface area (TPSA) is 0 Å². The summed E-state index contributed by atoms with van der Waals surface area (Å²) in [5.74, 6) is -3.08. The van der Waals surface area contributed by atoms with Crippen LogP contribution in [0, 0.1) is 5.41 Å². The van der Waals surface area contributed by atoms with Crippen LogP contribution >= 0.6 is 36.1 Å². The predicted octanol–water partition coefficient (Wildman–Crippen LogP) is 13.6. The molecule has 0 aliphatic heterocycles. The maximum absolute atomic E-state index is 9.51. The summed E-state index contributed by atoms with van der Waals surface area (Å²) in [6.45, 7) is 7.63. The molecule has 6 aliphatic carbocycles. The van der Waals surface area contributed by atoms with Gasteiger partial charge >= 0.3 is 260 Å². The van der Waals surface area contributed by atoms with Crippen molar-refractivity contribution >= 4 is 36.1 Å². The van der Waals surface area contributed by atoms with E-state index in [-0.39, 0.29) is 10.0 Å². The fourth-order valence-corrected chi connectivity index (χ4v) is 39.7. The van der Waals surface area contributed by atoms with E-state index in [2.05, 4.69) is 31.9 Å². The number of rotatable bonds is 8. The Kier molecular flexibility index (Phi) is 9.23. The van der Waals surface area contributed by atoms with E-state index in [1.165, 1.54) is 154 Å². The second-order valence-corrected chi connectivity index (χ2v) is 30.4. The van der Waals surface area contributed by atoms with Gasteiger partial charge in [-0.3, -0.25) is 0 Å². The maximum atomic E-state index is 9.51. The summed E-state index contributed by atoms with van der Waals surface area (Å²) in [6.07, 6.45) is 37.3. The minimum absolute atomic E-state index is 0.137. The molecule has 0 nitrogen and oxygen atoms in total. The van der Waals surface area contributed by atoms with Crippen LogP contribution in [-0.4, -0.2) is 32.9 Å². The van der Waals surface area contributed by atoms with E-state index in [1.807, 2.05) is 0 Å². The molecule has 0 bridgehead atoms. The Balaban J connectivity index is 1.73. The Morgan fingerprint density at radius 1 is 0.600 bits per heavy atom. The number of halogens is 2. The zero-order chi connectivity index (χ0) is 28.1. The van der Waals surface area contributed by atoms with Gasteiger partial charge in [-0.05, 0) is 0 Å². The van der Waals surface area contributed by atoms with Crippen LogP contribution < -0.4 is 0 Å². The van der Waals surface area contributed by atoms with Gasteiger partial charge in [-0.15, -0.1) is 0 Å². The zero-order valence-corrected chi connectivity index (χ0v) is 30.0. The molecule has 0 aromatic rings. The van der Waals surface area contributed by atoms with Gasteiger partial charge in [-0.1, -0.05) is 0 Å². The quantitative estimate of drug-likeness (QED) is 0.185. The summed E-state index contributed by atoms with van der Waals surface area (Å²) in [5, 5.41) is 2.08. The standard InChI is InChI=1S/C36H64Cl2P2/c1-35(2,3)28-34(39(29-16-4-5-17-29,30-18-6-7-19-30)31-20-8-9-21-31)40(38,32-22-10-11-23-32,33-24-12-13-25-33)36(37)26-14-15-27-36/h28-33,39H,4-27H2,1-3H3. The third-order valence-electron chi connectivity index (χ3n) is 13.9. The normalized spacial score (nSPS) is 30.5. The van der Waals surface area contributed by atoms with Gasteiger partial charge < -0.3 is 0 Å². The van der Waals surface area contributed by atoms with Crippen LogP contribution in [0.2, 0.25) is 0 Å². The predicted molar refractivity (Wildman–Crippen MR) is 187 cm³/mol. The molecule has 6 aliphatic rings. The van der Waals surface area contributed by atoms with Gasteiger partial charge in [0, 0.05) is 0 Å². The van der Waals surface area contributed by atoms with Crippen molar-refractivity contribution in [1.82, 2.24) is 0 Å². The Morgan fingerprint density at radius 2 is 0.925 bits per heavy atom. The summed E-state index contributed by atoms with van der Waals surface area (Å²) in [5.41, 5.74) is 4.53. The van der Waals surface area contributed by atoms with E-state index >= 15 is 0 Å². The van der Waals surface area contributed by atoms with Crippen LogP contribution in [0.3, 0.4) is 0 Å². The van der Waals surface area contributed by atoms with E-state index in [4.69, 9.17) is 11.6 Å². The molecule has 0 radical (unpaired) electrons. The molecule has 0 spiro atoms. The van der Waals surface area contributed by atoms with Crippen LogP contribution in [-0.2, 0) is 0 Å².